The minimum atomic E-state index is 0.440. The highest BCUT2D eigenvalue weighted by atomic mass is 79.9. The normalized spacial score (nSPS) is 16.8. The number of nitrogens with two attached hydrogens (primary N) is 1. The number of methoxy groups -OCH3 is 1. The first kappa shape index (κ1) is 12.7. The molecule has 3 N–H and O–H groups in total. The number of anilines is 2. The molecule has 3 nitrogen and oxygen atoms in total. The van der Waals surface area contributed by atoms with E-state index in [1.54, 1.807) is 7.11 Å². The molecule has 1 fully saturated rings. The third-order valence-electron chi connectivity index (χ3n) is 3.46. The Labute approximate surface area is 111 Å². The Morgan fingerprint density at radius 3 is 2.82 bits per heavy atom. The molecule has 0 spiro atoms. The van der Waals surface area contributed by atoms with Crippen LogP contribution >= 0.6 is 15.9 Å². The highest BCUT2D eigenvalue weighted by Crippen LogP contribution is 2.48. The summed E-state index contributed by atoms with van der Waals surface area (Å²) in [5.41, 5.74) is 8.21. The summed E-state index contributed by atoms with van der Waals surface area (Å²) in [5.74, 6) is 0. The maximum Gasteiger partial charge on any atom is 0.0574 e. The van der Waals surface area contributed by atoms with Crippen molar-refractivity contribution >= 4 is 27.3 Å². The Morgan fingerprint density at radius 1 is 1.47 bits per heavy atom. The van der Waals surface area contributed by atoms with Gasteiger partial charge in [-0.05, 0) is 42.9 Å². The molecule has 0 atom stereocenters. The lowest BCUT2D eigenvalue weighted by molar-refractivity contribution is 0.175. The second kappa shape index (κ2) is 5.27. The fraction of sp³-hybridized carbons (Fsp3) is 0.538. The highest BCUT2D eigenvalue weighted by Gasteiger charge is 2.41. The lowest BCUT2D eigenvalue weighted by atomic mass is 10.0. The van der Waals surface area contributed by atoms with Crippen LogP contribution in [-0.4, -0.2) is 20.3 Å². The van der Waals surface area contributed by atoms with E-state index in [1.807, 2.05) is 18.2 Å². The van der Waals surface area contributed by atoms with Crippen molar-refractivity contribution in [3.05, 3.63) is 22.7 Å². The van der Waals surface area contributed by atoms with E-state index in [0.717, 1.165) is 35.4 Å². The summed E-state index contributed by atoms with van der Waals surface area (Å²) in [6, 6.07) is 5.95. The van der Waals surface area contributed by atoms with Crippen molar-refractivity contribution in [2.75, 3.05) is 31.3 Å². The van der Waals surface area contributed by atoms with E-state index in [2.05, 4.69) is 21.2 Å². The predicted molar refractivity (Wildman–Crippen MR) is 75.2 cm³/mol. The summed E-state index contributed by atoms with van der Waals surface area (Å²) in [6.45, 7) is 1.83. The molecule has 0 amide bonds. The van der Waals surface area contributed by atoms with Crippen LogP contribution in [0.3, 0.4) is 0 Å². The Hall–Kier alpha value is -0.740. The topological polar surface area (TPSA) is 47.3 Å². The van der Waals surface area contributed by atoms with Crippen LogP contribution in [-0.2, 0) is 4.74 Å². The van der Waals surface area contributed by atoms with Gasteiger partial charge in [0.2, 0.25) is 0 Å². The number of hydrogen-bond acceptors (Lipinski definition) is 3. The molecule has 17 heavy (non-hydrogen) atoms. The first-order chi connectivity index (χ1) is 8.15. The molecule has 1 aromatic carbocycles. The van der Waals surface area contributed by atoms with Crippen LogP contribution in [0.1, 0.15) is 19.3 Å². The molecule has 0 aromatic heterocycles. The Balaban J connectivity index is 1.89. The van der Waals surface area contributed by atoms with Crippen molar-refractivity contribution in [2.45, 2.75) is 19.3 Å². The zero-order valence-corrected chi connectivity index (χ0v) is 11.7. The maximum atomic E-state index is 5.95. The van der Waals surface area contributed by atoms with Gasteiger partial charge in [0, 0.05) is 24.7 Å². The molecule has 0 radical (unpaired) electrons. The van der Waals surface area contributed by atoms with Crippen molar-refractivity contribution in [2.24, 2.45) is 5.41 Å². The fourth-order valence-corrected chi connectivity index (χ4v) is 2.37. The number of nitrogens with one attached hydrogen (secondary N) is 1. The Kier molecular flexibility index (Phi) is 3.94. The number of nitrogen functional groups attached to an aromatic ring is 1. The van der Waals surface area contributed by atoms with E-state index in [9.17, 15) is 0 Å². The van der Waals surface area contributed by atoms with Gasteiger partial charge in [-0.15, -0.1) is 0 Å². The first-order valence-corrected chi connectivity index (χ1v) is 6.72. The van der Waals surface area contributed by atoms with E-state index in [4.69, 9.17) is 10.5 Å². The second-order valence-corrected chi connectivity index (χ2v) is 5.74. The molecule has 0 saturated heterocycles. The fourth-order valence-electron chi connectivity index (χ4n) is 1.99. The van der Waals surface area contributed by atoms with Gasteiger partial charge >= 0.3 is 0 Å². The van der Waals surface area contributed by atoms with Crippen LogP contribution in [0.4, 0.5) is 11.4 Å². The van der Waals surface area contributed by atoms with Crippen LogP contribution in [0.2, 0.25) is 0 Å². The minimum Gasteiger partial charge on any atom is -0.397 e. The smallest absolute Gasteiger partial charge is 0.0574 e. The van der Waals surface area contributed by atoms with Crippen LogP contribution in [0, 0.1) is 5.41 Å². The number of hydrogen-bond donors (Lipinski definition) is 2. The number of halogens is 1. The summed E-state index contributed by atoms with van der Waals surface area (Å²) in [7, 11) is 1.76. The van der Waals surface area contributed by atoms with Gasteiger partial charge in [-0.2, -0.15) is 0 Å². The molecular weight excluding hydrogens is 280 g/mol. The molecule has 0 bridgehead atoms. The molecule has 1 saturated carbocycles. The van der Waals surface area contributed by atoms with E-state index in [-0.39, 0.29) is 0 Å². The van der Waals surface area contributed by atoms with Crippen LogP contribution in [0.15, 0.2) is 22.7 Å². The molecule has 0 heterocycles. The Bertz CT molecular complexity index is 391. The van der Waals surface area contributed by atoms with E-state index >= 15 is 0 Å². The highest BCUT2D eigenvalue weighted by molar-refractivity contribution is 9.10. The standard InChI is InChI=1S/C13H19BrN2O/c1-17-7-6-13(4-5-13)9-16-12-3-2-10(14)8-11(12)15/h2-3,8,16H,4-7,9,15H2,1H3. The van der Waals surface area contributed by atoms with Crippen molar-refractivity contribution in [3.63, 3.8) is 0 Å². The van der Waals surface area contributed by atoms with Crippen molar-refractivity contribution in [1.29, 1.82) is 0 Å². The summed E-state index contributed by atoms with van der Waals surface area (Å²) in [6.07, 6.45) is 3.71. The molecular formula is C13H19BrN2O. The molecule has 1 aliphatic rings. The average Bonchev–Trinajstić information content (AvgIpc) is 3.06. The zero-order valence-electron chi connectivity index (χ0n) is 10.1. The van der Waals surface area contributed by atoms with Gasteiger partial charge in [0.15, 0.2) is 0 Å². The van der Waals surface area contributed by atoms with Crippen molar-refractivity contribution < 1.29 is 4.74 Å². The van der Waals surface area contributed by atoms with Gasteiger partial charge in [0.05, 0.1) is 11.4 Å². The van der Waals surface area contributed by atoms with Crippen molar-refractivity contribution in [1.82, 2.24) is 0 Å². The third-order valence-corrected chi connectivity index (χ3v) is 3.95. The van der Waals surface area contributed by atoms with Gasteiger partial charge in [0.25, 0.3) is 0 Å². The molecule has 0 aliphatic heterocycles. The predicted octanol–water partition coefficient (Wildman–Crippen LogP) is 3.26. The molecule has 1 aromatic rings. The summed E-state index contributed by atoms with van der Waals surface area (Å²) < 4.78 is 6.17. The minimum absolute atomic E-state index is 0.440. The lowest BCUT2D eigenvalue weighted by Crippen LogP contribution is -2.17. The molecule has 1 aliphatic carbocycles. The zero-order chi connectivity index (χ0) is 12.3. The van der Waals surface area contributed by atoms with Crippen LogP contribution in [0.5, 0.6) is 0 Å². The summed E-state index contributed by atoms with van der Waals surface area (Å²) in [5, 5.41) is 3.45. The number of rotatable bonds is 6. The second-order valence-electron chi connectivity index (χ2n) is 4.83. The summed E-state index contributed by atoms with van der Waals surface area (Å²) >= 11 is 3.41. The number of benzene rings is 1. The molecule has 94 valence electrons. The van der Waals surface area contributed by atoms with Crippen LogP contribution in [0.25, 0.3) is 0 Å². The lowest BCUT2D eigenvalue weighted by Gasteiger charge is -2.17. The van der Waals surface area contributed by atoms with Gasteiger partial charge in [-0.3, -0.25) is 0 Å². The Morgan fingerprint density at radius 2 is 2.24 bits per heavy atom. The number of ether oxygens (including phenoxy) is 1. The van der Waals surface area contributed by atoms with E-state index in [1.165, 1.54) is 12.8 Å². The van der Waals surface area contributed by atoms with Crippen molar-refractivity contribution in [3.8, 4) is 0 Å². The monoisotopic (exact) mass is 298 g/mol. The SMILES string of the molecule is COCCC1(CNc2ccc(Br)cc2N)CC1. The first-order valence-electron chi connectivity index (χ1n) is 5.93. The van der Waals surface area contributed by atoms with E-state index in [0.29, 0.717) is 5.41 Å². The molecule has 0 unspecified atom stereocenters. The summed E-state index contributed by atoms with van der Waals surface area (Å²) in [4.78, 5) is 0. The maximum absolute atomic E-state index is 5.95. The molecule has 4 heteroatoms. The average molecular weight is 299 g/mol. The largest absolute Gasteiger partial charge is 0.397 e. The quantitative estimate of drug-likeness (QED) is 0.793. The van der Waals surface area contributed by atoms with Gasteiger partial charge in [0.1, 0.15) is 0 Å². The van der Waals surface area contributed by atoms with E-state index < -0.39 is 0 Å². The van der Waals surface area contributed by atoms with Gasteiger partial charge in [-0.1, -0.05) is 15.9 Å². The van der Waals surface area contributed by atoms with Crippen LogP contribution < -0.4 is 11.1 Å². The third kappa shape index (κ3) is 3.36. The van der Waals surface area contributed by atoms with Gasteiger partial charge < -0.3 is 15.8 Å². The van der Waals surface area contributed by atoms with Gasteiger partial charge in [-0.25, -0.2) is 0 Å². The molecule has 2 rings (SSSR count).